The standard InChI is InChI=1S/C24H38N2O4.2ClH/c1-14(2)11-18-19(30-24(27)22(25)15(3)4)8-10-26-9-7-16-12-20(28-5)21(29-6)13-17(16)23(18)26;;/h12-15,18-19,22-23H,7-11,25H2,1-6H3;2*1H. The maximum absolute atomic E-state index is 12.7. The molecule has 2 aliphatic rings. The Morgan fingerprint density at radius 3 is 2.28 bits per heavy atom. The summed E-state index contributed by atoms with van der Waals surface area (Å²) in [5.74, 6) is 2.03. The van der Waals surface area contributed by atoms with Crippen LogP contribution in [0.5, 0.6) is 11.5 Å². The van der Waals surface area contributed by atoms with Crippen molar-refractivity contribution in [2.75, 3.05) is 27.3 Å². The Morgan fingerprint density at radius 1 is 1.09 bits per heavy atom. The molecule has 8 heteroatoms. The third kappa shape index (κ3) is 6.02. The van der Waals surface area contributed by atoms with E-state index in [1.807, 2.05) is 13.8 Å². The number of piperidine rings is 1. The molecule has 0 aliphatic carbocycles. The summed E-state index contributed by atoms with van der Waals surface area (Å²) in [4.78, 5) is 15.2. The fourth-order valence-corrected chi connectivity index (χ4v) is 4.96. The summed E-state index contributed by atoms with van der Waals surface area (Å²) < 4.78 is 17.2. The van der Waals surface area contributed by atoms with E-state index in [9.17, 15) is 4.79 Å². The lowest BCUT2D eigenvalue weighted by Gasteiger charge is -2.49. The number of methoxy groups -OCH3 is 2. The zero-order valence-corrected chi connectivity index (χ0v) is 21.8. The average Bonchev–Trinajstić information content (AvgIpc) is 2.72. The Balaban J connectivity index is 0.00000256. The van der Waals surface area contributed by atoms with Gasteiger partial charge in [0.05, 0.1) is 14.2 Å². The molecular weight excluding hydrogens is 451 g/mol. The van der Waals surface area contributed by atoms with E-state index in [-0.39, 0.29) is 54.8 Å². The summed E-state index contributed by atoms with van der Waals surface area (Å²) in [5, 5.41) is 0. The number of hydrogen-bond donors (Lipinski definition) is 1. The highest BCUT2D eigenvalue weighted by atomic mass is 35.5. The van der Waals surface area contributed by atoms with Crippen LogP contribution < -0.4 is 15.2 Å². The van der Waals surface area contributed by atoms with Crippen LogP contribution in [0.2, 0.25) is 0 Å². The maximum Gasteiger partial charge on any atom is 0.323 e. The predicted octanol–water partition coefficient (Wildman–Crippen LogP) is 4.41. The van der Waals surface area contributed by atoms with Gasteiger partial charge in [0, 0.05) is 25.0 Å². The van der Waals surface area contributed by atoms with E-state index < -0.39 is 6.04 Å². The molecule has 6 nitrogen and oxygen atoms in total. The van der Waals surface area contributed by atoms with Crippen molar-refractivity contribution in [2.45, 2.75) is 65.1 Å². The fourth-order valence-electron chi connectivity index (χ4n) is 4.96. The van der Waals surface area contributed by atoms with Crippen molar-refractivity contribution in [3.05, 3.63) is 23.3 Å². The van der Waals surface area contributed by atoms with Crippen molar-refractivity contribution in [2.24, 2.45) is 23.5 Å². The first-order valence-electron chi connectivity index (χ1n) is 11.2. The molecular formula is C24H40Cl2N2O4. The van der Waals surface area contributed by atoms with Gasteiger partial charge in [-0.3, -0.25) is 9.69 Å². The molecule has 32 heavy (non-hydrogen) atoms. The third-order valence-corrected chi connectivity index (χ3v) is 6.61. The second kappa shape index (κ2) is 12.3. The second-order valence-corrected chi connectivity index (χ2v) is 9.46. The third-order valence-electron chi connectivity index (χ3n) is 6.61. The molecule has 0 bridgehead atoms. The highest BCUT2D eigenvalue weighted by Crippen LogP contribution is 2.47. The molecule has 0 aromatic heterocycles. The number of nitrogens with two attached hydrogens (primary N) is 1. The molecule has 184 valence electrons. The quantitative estimate of drug-likeness (QED) is 0.570. The highest BCUT2D eigenvalue weighted by molar-refractivity contribution is 5.85. The van der Waals surface area contributed by atoms with Crippen LogP contribution in [-0.4, -0.2) is 50.3 Å². The first-order valence-corrected chi connectivity index (χ1v) is 11.2. The molecule has 4 unspecified atom stereocenters. The highest BCUT2D eigenvalue weighted by Gasteiger charge is 2.44. The Hall–Kier alpha value is -1.21. The first kappa shape index (κ1) is 28.8. The van der Waals surface area contributed by atoms with Crippen molar-refractivity contribution < 1.29 is 19.0 Å². The second-order valence-electron chi connectivity index (χ2n) is 9.46. The molecule has 2 aliphatic heterocycles. The largest absolute Gasteiger partial charge is 0.493 e. The van der Waals surface area contributed by atoms with Crippen molar-refractivity contribution in [3.8, 4) is 11.5 Å². The minimum absolute atomic E-state index is 0. The summed E-state index contributed by atoms with van der Waals surface area (Å²) >= 11 is 0. The molecule has 0 radical (unpaired) electrons. The van der Waals surface area contributed by atoms with Gasteiger partial charge in [0.1, 0.15) is 12.1 Å². The number of ether oxygens (including phenoxy) is 3. The van der Waals surface area contributed by atoms with E-state index in [2.05, 4.69) is 30.9 Å². The topological polar surface area (TPSA) is 74.0 Å². The molecule has 4 atom stereocenters. The maximum atomic E-state index is 12.7. The van der Waals surface area contributed by atoms with Gasteiger partial charge in [-0.1, -0.05) is 27.7 Å². The molecule has 0 saturated carbocycles. The number of esters is 1. The van der Waals surface area contributed by atoms with Gasteiger partial charge < -0.3 is 19.9 Å². The Bertz CT molecular complexity index is 760. The zero-order chi connectivity index (χ0) is 22.0. The van der Waals surface area contributed by atoms with Gasteiger partial charge in [-0.25, -0.2) is 0 Å². The summed E-state index contributed by atoms with van der Waals surface area (Å²) in [7, 11) is 3.35. The molecule has 2 N–H and O–H groups in total. The number of nitrogens with zero attached hydrogens (tertiary/aromatic N) is 1. The smallest absolute Gasteiger partial charge is 0.323 e. The van der Waals surface area contributed by atoms with Crippen LogP contribution in [0.25, 0.3) is 0 Å². The number of fused-ring (bicyclic) bond motifs is 3. The molecule has 3 rings (SSSR count). The van der Waals surface area contributed by atoms with Crippen molar-refractivity contribution in [1.29, 1.82) is 0 Å². The van der Waals surface area contributed by atoms with Crippen molar-refractivity contribution in [1.82, 2.24) is 4.90 Å². The Labute approximate surface area is 205 Å². The van der Waals surface area contributed by atoms with Crippen molar-refractivity contribution in [3.63, 3.8) is 0 Å². The Morgan fingerprint density at radius 2 is 1.72 bits per heavy atom. The molecule has 2 heterocycles. The lowest BCUT2D eigenvalue weighted by atomic mass is 9.74. The van der Waals surface area contributed by atoms with E-state index in [1.165, 1.54) is 11.1 Å². The fraction of sp³-hybridized carbons (Fsp3) is 0.708. The minimum Gasteiger partial charge on any atom is -0.493 e. The van der Waals surface area contributed by atoms with Crippen molar-refractivity contribution >= 4 is 30.8 Å². The molecule has 1 fully saturated rings. The summed E-state index contributed by atoms with van der Waals surface area (Å²) in [6.45, 7) is 10.3. The predicted molar refractivity (Wildman–Crippen MR) is 132 cm³/mol. The molecule has 0 spiro atoms. The Kier molecular flexibility index (Phi) is 11.1. The molecule has 0 amide bonds. The van der Waals surface area contributed by atoms with E-state index >= 15 is 0 Å². The summed E-state index contributed by atoms with van der Waals surface area (Å²) in [6.07, 6.45) is 2.71. The van der Waals surface area contributed by atoms with Gasteiger partial charge in [-0.05, 0) is 54.4 Å². The number of halogens is 2. The average molecular weight is 492 g/mol. The van der Waals surface area contributed by atoms with Gasteiger partial charge in [0.2, 0.25) is 0 Å². The normalized spacial score (nSPS) is 23.3. The number of rotatable bonds is 7. The van der Waals surface area contributed by atoms with Crippen LogP contribution in [0, 0.1) is 17.8 Å². The van der Waals surface area contributed by atoms with Crippen LogP contribution in [0.4, 0.5) is 0 Å². The van der Waals surface area contributed by atoms with Crippen LogP contribution in [-0.2, 0) is 16.0 Å². The van der Waals surface area contributed by atoms with E-state index in [0.29, 0.717) is 5.92 Å². The lowest BCUT2D eigenvalue weighted by Crippen LogP contribution is -2.51. The lowest BCUT2D eigenvalue weighted by molar-refractivity contribution is -0.161. The number of carbonyl (C=O) groups excluding carboxylic acids is 1. The number of benzene rings is 1. The first-order chi connectivity index (χ1) is 14.3. The summed E-state index contributed by atoms with van der Waals surface area (Å²) in [6, 6.07) is 3.87. The van der Waals surface area contributed by atoms with Gasteiger partial charge in [-0.2, -0.15) is 0 Å². The van der Waals surface area contributed by atoms with Gasteiger partial charge in [0.25, 0.3) is 0 Å². The van der Waals surface area contributed by atoms with Crippen LogP contribution >= 0.6 is 24.8 Å². The van der Waals surface area contributed by atoms with Crippen LogP contribution in [0.1, 0.15) is 57.7 Å². The van der Waals surface area contributed by atoms with E-state index in [4.69, 9.17) is 19.9 Å². The van der Waals surface area contributed by atoms with Crippen LogP contribution in [0.3, 0.4) is 0 Å². The van der Waals surface area contributed by atoms with E-state index in [0.717, 1.165) is 43.9 Å². The molecule has 1 saturated heterocycles. The van der Waals surface area contributed by atoms with Crippen LogP contribution in [0.15, 0.2) is 12.1 Å². The number of carbonyl (C=O) groups is 1. The summed E-state index contributed by atoms with van der Waals surface area (Å²) in [5.41, 5.74) is 8.66. The van der Waals surface area contributed by atoms with Gasteiger partial charge >= 0.3 is 5.97 Å². The van der Waals surface area contributed by atoms with Gasteiger partial charge in [-0.15, -0.1) is 24.8 Å². The van der Waals surface area contributed by atoms with Gasteiger partial charge in [0.15, 0.2) is 11.5 Å². The molecule has 1 aromatic carbocycles. The zero-order valence-electron chi connectivity index (χ0n) is 20.1. The minimum atomic E-state index is -0.578. The monoisotopic (exact) mass is 490 g/mol. The molecule has 1 aromatic rings. The SMILES string of the molecule is COc1cc2c(cc1OC)C1C(CC(C)C)C(OC(=O)C(N)C(C)C)CCN1CC2.Cl.Cl. The number of hydrogen-bond acceptors (Lipinski definition) is 6. The van der Waals surface area contributed by atoms with E-state index in [1.54, 1.807) is 14.2 Å².